The van der Waals surface area contributed by atoms with Crippen LogP contribution in [-0.4, -0.2) is 48.9 Å². The summed E-state index contributed by atoms with van der Waals surface area (Å²) in [5.74, 6) is 4.25. The first-order chi connectivity index (χ1) is 24.6. The molecule has 2 aromatic heterocycles. The first kappa shape index (κ1) is 36.7. The van der Waals surface area contributed by atoms with Gasteiger partial charge < -0.3 is 0 Å². The van der Waals surface area contributed by atoms with Crippen molar-refractivity contribution in [1.82, 2.24) is 7.94 Å². The molecule has 0 saturated heterocycles. The van der Waals surface area contributed by atoms with Crippen LogP contribution in [0.25, 0.3) is 21.8 Å². The molecule has 284 valence electrons. The number of carbonyl (C=O) groups excluding carboxylic acids is 2. The van der Waals surface area contributed by atoms with Crippen LogP contribution in [0.15, 0.2) is 48.8 Å². The summed E-state index contributed by atoms with van der Waals surface area (Å²) in [6, 6.07) is 12.3. The SMILES string of the molecule is C.C[C@]12CCC3c4cc5ccn(S(C)(=O)=O)c5cc4CCC3C1CCC2=O.C[C@]12CCC3c4ccc5c(ccn5S(C)(=O)=O)c4CCC3C1CCC2=O. The fourth-order valence-electron chi connectivity index (χ4n) is 12.6. The molecule has 8 nitrogen and oxygen atoms in total. The molecule has 0 amide bonds. The number of Topliss-reactive ketones (excluding diaryl/α,β-unsaturated/α-hetero) is 2. The van der Waals surface area contributed by atoms with E-state index in [-0.39, 0.29) is 18.3 Å². The van der Waals surface area contributed by atoms with Crippen LogP contribution in [0.3, 0.4) is 0 Å². The summed E-state index contributed by atoms with van der Waals surface area (Å²) in [6.07, 6.45) is 17.8. The Hall–Kier alpha value is -3.24. The summed E-state index contributed by atoms with van der Waals surface area (Å²) < 4.78 is 50.9. The van der Waals surface area contributed by atoms with Crippen LogP contribution < -0.4 is 0 Å². The van der Waals surface area contributed by atoms with Crippen molar-refractivity contribution in [3.63, 3.8) is 0 Å². The zero-order valence-corrected chi connectivity index (χ0v) is 32.4. The van der Waals surface area contributed by atoms with Crippen LogP contribution >= 0.6 is 0 Å². The van der Waals surface area contributed by atoms with Gasteiger partial charge in [-0.2, -0.15) is 0 Å². The van der Waals surface area contributed by atoms with Gasteiger partial charge in [0.25, 0.3) is 0 Å². The van der Waals surface area contributed by atoms with Crippen LogP contribution in [0.2, 0.25) is 0 Å². The van der Waals surface area contributed by atoms with Gasteiger partial charge >= 0.3 is 0 Å². The van der Waals surface area contributed by atoms with Crippen molar-refractivity contribution >= 4 is 53.4 Å². The first-order valence-electron chi connectivity index (χ1n) is 19.3. The largest absolute Gasteiger partial charge is 0.299 e. The Morgan fingerprint density at radius 3 is 1.77 bits per heavy atom. The minimum absolute atomic E-state index is 0. The molecule has 2 heterocycles. The zero-order valence-electron chi connectivity index (χ0n) is 30.7. The second kappa shape index (κ2) is 12.4. The van der Waals surface area contributed by atoms with Crippen LogP contribution in [0, 0.1) is 34.5 Å². The van der Waals surface area contributed by atoms with E-state index in [0.717, 1.165) is 98.9 Å². The van der Waals surface area contributed by atoms with Crippen molar-refractivity contribution in [2.24, 2.45) is 34.5 Å². The molecule has 2 aromatic carbocycles. The molecular formula is C43H54N2O6S2. The number of ketones is 2. The molecule has 0 spiro atoms. The topological polar surface area (TPSA) is 112 Å². The van der Waals surface area contributed by atoms with Crippen LogP contribution in [0.1, 0.15) is 120 Å². The van der Waals surface area contributed by atoms with Gasteiger partial charge in [-0.25, -0.2) is 24.8 Å². The second-order valence-corrected chi connectivity index (χ2v) is 21.3. The number of benzene rings is 2. The number of rotatable bonds is 2. The third kappa shape index (κ3) is 5.46. The van der Waals surface area contributed by atoms with Gasteiger partial charge in [0, 0.05) is 46.8 Å². The van der Waals surface area contributed by atoms with E-state index in [1.165, 1.54) is 42.7 Å². The van der Waals surface area contributed by atoms with Gasteiger partial charge in [0.1, 0.15) is 11.6 Å². The molecule has 4 saturated carbocycles. The number of hydrogen-bond donors (Lipinski definition) is 0. The van der Waals surface area contributed by atoms with E-state index in [0.29, 0.717) is 47.1 Å². The average molecular weight is 759 g/mol. The van der Waals surface area contributed by atoms with Crippen molar-refractivity contribution < 1.29 is 26.4 Å². The molecule has 53 heavy (non-hydrogen) atoms. The highest BCUT2D eigenvalue weighted by atomic mass is 32.2. The van der Waals surface area contributed by atoms with Crippen molar-refractivity contribution in [2.45, 2.75) is 110 Å². The molecule has 0 N–H and O–H groups in total. The summed E-state index contributed by atoms with van der Waals surface area (Å²) in [7, 11) is -6.57. The van der Waals surface area contributed by atoms with Gasteiger partial charge in [-0.3, -0.25) is 9.59 Å². The maximum atomic E-state index is 12.5. The Labute approximate surface area is 314 Å². The normalized spacial score (nSPS) is 33.1. The number of aryl methyl sites for hydroxylation is 2. The molecule has 6 unspecified atom stereocenters. The van der Waals surface area contributed by atoms with Gasteiger partial charge in [-0.15, -0.1) is 0 Å². The summed E-state index contributed by atoms with van der Waals surface area (Å²) >= 11 is 0. The van der Waals surface area contributed by atoms with E-state index in [1.807, 2.05) is 18.2 Å². The van der Waals surface area contributed by atoms with Crippen molar-refractivity contribution in [3.8, 4) is 0 Å². The number of carbonyl (C=O) groups is 2. The predicted molar refractivity (Wildman–Crippen MR) is 210 cm³/mol. The minimum atomic E-state index is -3.28. The quantitative estimate of drug-likeness (QED) is 0.203. The van der Waals surface area contributed by atoms with E-state index < -0.39 is 20.0 Å². The summed E-state index contributed by atoms with van der Waals surface area (Å²) in [5.41, 5.74) is 6.84. The highest BCUT2D eigenvalue weighted by Gasteiger charge is 2.56. The fraction of sp³-hybridized carbons (Fsp3) is 0.581. The molecule has 4 fully saturated rings. The number of aromatic nitrogens is 2. The molecule has 0 aliphatic heterocycles. The van der Waals surface area contributed by atoms with Crippen molar-refractivity contribution in [2.75, 3.05) is 12.5 Å². The molecule has 0 bridgehead atoms. The first-order valence-corrected chi connectivity index (χ1v) is 23.0. The molecule has 10 heteroatoms. The summed E-state index contributed by atoms with van der Waals surface area (Å²) in [4.78, 5) is 24.9. The van der Waals surface area contributed by atoms with Gasteiger partial charge in [0.15, 0.2) is 0 Å². The highest BCUT2D eigenvalue weighted by molar-refractivity contribution is 7.89. The van der Waals surface area contributed by atoms with Crippen LogP contribution in [-0.2, 0) is 42.5 Å². The monoisotopic (exact) mass is 758 g/mol. The van der Waals surface area contributed by atoms with Crippen LogP contribution in [0.5, 0.6) is 0 Å². The highest BCUT2D eigenvalue weighted by Crippen LogP contribution is 2.61. The Bertz CT molecular complexity index is 2330. The number of fused-ring (bicyclic) bond motifs is 13. The second-order valence-electron chi connectivity index (χ2n) is 17.6. The fourth-order valence-corrected chi connectivity index (χ4v) is 14.2. The van der Waals surface area contributed by atoms with Crippen molar-refractivity contribution in [3.05, 3.63) is 71.0 Å². The molecule has 6 aliphatic carbocycles. The molecule has 8 atom stereocenters. The predicted octanol–water partition coefficient (Wildman–Crippen LogP) is 8.38. The number of nitrogens with zero attached hydrogens (tertiary/aromatic N) is 2. The lowest BCUT2D eigenvalue weighted by Crippen LogP contribution is -2.42. The van der Waals surface area contributed by atoms with Gasteiger partial charge in [0.2, 0.25) is 20.0 Å². The molecule has 6 aliphatic rings. The Morgan fingerprint density at radius 2 is 1.17 bits per heavy atom. The van der Waals surface area contributed by atoms with Crippen molar-refractivity contribution in [1.29, 1.82) is 0 Å². The van der Waals surface area contributed by atoms with Gasteiger partial charge in [0.05, 0.1) is 23.5 Å². The lowest BCUT2D eigenvalue weighted by Gasteiger charge is -2.48. The Balaban J connectivity index is 0.000000148. The number of hydrogen-bond acceptors (Lipinski definition) is 6. The van der Waals surface area contributed by atoms with E-state index >= 15 is 0 Å². The maximum absolute atomic E-state index is 12.5. The Kier molecular flexibility index (Phi) is 8.58. The average Bonchev–Trinajstić information content (AvgIpc) is 3.87. The van der Waals surface area contributed by atoms with E-state index in [1.54, 1.807) is 12.4 Å². The lowest BCUT2D eigenvalue weighted by molar-refractivity contribution is -0.130. The minimum Gasteiger partial charge on any atom is -0.299 e. The maximum Gasteiger partial charge on any atom is 0.236 e. The third-order valence-electron chi connectivity index (χ3n) is 15.2. The Morgan fingerprint density at radius 1 is 0.623 bits per heavy atom. The van der Waals surface area contributed by atoms with E-state index in [4.69, 9.17) is 0 Å². The van der Waals surface area contributed by atoms with Crippen LogP contribution in [0.4, 0.5) is 0 Å². The zero-order chi connectivity index (χ0) is 36.5. The summed E-state index contributed by atoms with van der Waals surface area (Å²) in [5, 5.41) is 2.09. The van der Waals surface area contributed by atoms with Gasteiger partial charge in [-0.1, -0.05) is 27.3 Å². The lowest BCUT2D eigenvalue weighted by atomic mass is 9.55. The smallest absolute Gasteiger partial charge is 0.236 e. The third-order valence-corrected chi connectivity index (χ3v) is 17.2. The molecule has 4 aromatic rings. The van der Waals surface area contributed by atoms with E-state index in [9.17, 15) is 26.4 Å². The summed E-state index contributed by atoms with van der Waals surface area (Å²) in [6.45, 7) is 4.41. The van der Waals surface area contributed by atoms with Gasteiger partial charge in [-0.05, 0) is 152 Å². The van der Waals surface area contributed by atoms with E-state index in [2.05, 4.69) is 32.0 Å². The molecule has 0 radical (unpaired) electrons. The molecule has 10 rings (SSSR count). The molecular weight excluding hydrogens is 705 g/mol. The standard InChI is InChI=1S/2C21H25NO3S.CH4/c1-21-11-9-15-13-5-7-19-17(10-12-22(19)26(2,24)25)14(13)3-4-16(15)18(21)6-8-20(21)23;1-21-9-7-15-16(18(21)5-6-20(21)23)4-3-13-12-19-14(11-17(13)15)8-10-22(19)26(2,24)25;/h5,7,10,12,15-16,18H,3-4,6,8-9,11H2,1-2H3;8,10-12,15-16,18H,3-7,9H2,1-2H3;1H4/t2*15?,16?,18?,21-;/m00./s1.